The van der Waals surface area contributed by atoms with Gasteiger partial charge in [-0.3, -0.25) is 4.79 Å². The van der Waals surface area contributed by atoms with E-state index in [9.17, 15) is 4.79 Å². The number of Topliss-reactive ketones (excluding diaryl/α,β-unsaturated/α-hetero) is 1. The Balaban J connectivity index is 2.12. The zero-order chi connectivity index (χ0) is 10.3. The van der Waals surface area contributed by atoms with Crippen LogP contribution in [0.5, 0.6) is 0 Å². The lowest BCUT2D eigenvalue weighted by molar-refractivity contribution is -0.190. The van der Waals surface area contributed by atoms with Gasteiger partial charge in [-0.05, 0) is 13.8 Å². The zero-order valence-corrected chi connectivity index (χ0v) is 8.48. The second-order valence-corrected chi connectivity index (χ2v) is 3.90. The molecule has 2 saturated heterocycles. The Morgan fingerprint density at radius 2 is 2.14 bits per heavy atom. The van der Waals surface area contributed by atoms with Gasteiger partial charge < -0.3 is 18.9 Å². The normalized spacial score (nSPS) is 41.1. The monoisotopic (exact) mass is 203 g/mol. The van der Waals surface area contributed by atoms with Crippen molar-refractivity contribution >= 4 is 5.78 Å². The van der Waals surface area contributed by atoms with E-state index in [0.717, 1.165) is 0 Å². The van der Waals surface area contributed by atoms with Crippen molar-refractivity contribution in [1.82, 2.24) is 0 Å². The fourth-order valence-corrected chi connectivity index (χ4v) is 1.78. The summed E-state index contributed by atoms with van der Waals surface area (Å²) in [6.07, 6.45) is -1.67. The fourth-order valence-electron chi connectivity index (χ4n) is 1.78. The predicted molar refractivity (Wildman–Crippen MR) is 45.6 cm³/mol. The SMILES string of the molecule is CO[13C@H]1OC[C@@H]2OC(C)(C)O[C@@H]2C1=O. The van der Waals surface area contributed by atoms with E-state index >= 15 is 0 Å². The highest BCUT2D eigenvalue weighted by atomic mass is 16.8. The smallest absolute Gasteiger partial charge is 0.220 e. The summed E-state index contributed by atoms with van der Waals surface area (Å²) in [4.78, 5) is 11.7. The predicted octanol–water partition coefficient (Wildman–Crippen LogP) is 0.0783. The summed E-state index contributed by atoms with van der Waals surface area (Å²) in [6, 6.07) is 0. The Morgan fingerprint density at radius 1 is 1.43 bits per heavy atom. The standard InChI is InChI=1S/C9H14O5/c1-9(2)13-5-4-12-8(11-3)6(10)7(5)14-9/h5,7-8H,4H2,1-3H3/t5-,7-,8-/m0/s1/i8+1. The van der Waals surface area contributed by atoms with Crippen molar-refractivity contribution in [2.75, 3.05) is 13.7 Å². The number of ketones is 1. The van der Waals surface area contributed by atoms with Gasteiger partial charge in [0.25, 0.3) is 0 Å². The molecule has 0 radical (unpaired) electrons. The van der Waals surface area contributed by atoms with E-state index < -0.39 is 18.2 Å². The van der Waals surface area contributed by atoms with Gasteiger partial charge in [0, 0.05) is 7.11 Å². The molecule has 2 aliphatic heterocycles. The number of rotatable bonds is 1. The van der Waals surface area contributed by atoms with Crippen LogP contribution in [-0.2, 0) is 23.7 Å². The number of carbonyl (C=O) groups excluding carboxylic acids is 1. The van der Waals surface area contributed by atoms with Crippen LogP contribution in [0.1, 0.15) is 13.8 Å². The van der Waals surface area contributed by atoms with Gasteiger partial charge in [0.05, 0.1) is 6.61 Å². The van der Waals surface area contributed by atoms with Crippen molar-refractivity contribution in [2.45, 2.75) is 38.1 Å². The third-order valence-electron chi connectivity index (χ3n) is 2.32. The highest BCUT2D eigenvalue weighted by Gasteiger charge is 2.50. The molecule has 5 heteroatoms. The fraction of sp³-hybridized carbons (Fsp3) is 0.889. The molecule has 0 saturated carbocycles. The zero-order valence-electron chi connectivity index (χ0n) is 8.48. The van der Waals surface area contributed by atoms with Crippen molar-refractivity contribution < 1.29 is 23.7 Å². The van der Waals surface area contributed by atoms with E-state index in [1.54, 1.807) is 13.8 Å². The molecule has 3 atom stereocenters. The molecule has 2 rings (SSSR count). The summed E-state index contributed by atoms with van der Waals surface area (Å²) in [5.74, 6) is -0.911. The average molecular weight is 203 g/mol. The third-order valence-corrected chi connectivity index (χ3v) is 2.32. The molecule has 5 nitrogen and oxygen atoms in total. The molecule has 0 aliphatic carbocycles. The van der Waals surface area contributed by atoms with Gasteiger partial charge in [-0.15, -0.1) is 0 Å². The van der Waals surface area contributed by atoms with E-state index in [1.165, 1.54) is 7.11 Å². The van der Waals surface area contributed by atoms with Crippen LogP contribution >= 0.6 is 0 Å². The summed E-state index contributed by atoms with van der Waals surface area (Å²) in [5.41, 5.74) is 0. The second-order valence-electron chi connectivity index (χ2n) is 3.90. The van der Waals surface area contributed by atoms with E-state index in [2.05, 4.69) is 0 Å². The molecule has 80 valence electrons. The maximum Gasteiger partial charge on any atom is 0.220 e. The molecule has 0 aromatic heterocycles. The van der Waals surface area contributed by atoms with Crippen LogP contribution in [0.15, 0.2) is 0 Å². The van der Waals surface area contributed by atoms with Crippen LogP contribution in [0.25, 0.3) is 0 Å². The van der Waals surface area contributed by atoms with Gasteiger partial charge in [0.1, 0.15) is 6.10 Å². The summed E-state index contributed by atoms with van der Waals surface area (Å²) in [5, 5.41) is 0. The molecule has 0 bridgehead atoms. The molecule has 0 aromatic carbocycles. The van der Waals surface area contributed by atoms with Gasteiger partial charge in [0.15, 0.2) is 11.9 Å². The van der Waals surface area contributed by atoms with Crippen LogP contribution in [0, 0.1) is 0 Å². The Kier molecular flexibility index (Phi) is 2.35. The highest BCUT2D eigenvalue weighted by molar-refractivity contribution is 5.87. The van der Waals surface area contributed by atoms with E-state index in [4.69, 9.17) is 18.9 Å². The summed E-state index contributed by atoms with van der Waals surface area (Å²) >= 11 is 0. The first-order valence-electron chi connectivity index (χ1n) is 4.57. The number of fused-ring (bicyclic) bond motifs is 1. The number of methoxy groups -OCH3 is 1. The third kappa shape index (κ3) is 1.56. The van der Waals surface area contributed by atoms with Gasteiger partial charge in [-0.2, -0.15) is 0 Å². The lowest BCUT2D eigenvalue weighted by Crippen LogP contribution is -2.48. The molecular weight excluding hydrogens is 189 g/mol. The molecule has 2 aliphatic rings. The van der Waals surface area contributed by atoms with Crippen LogP contribution in [0.4, 0.5) is 0 Å². The Labute approximate surface area is 82.3 Å². The highest BCUT2D eigenvalue weighted by Crippen LogP contribution is 2.32. The summed E-state index contributed by atoms with van der Waals surface area (Å²) in [7, 11) is 1.43. The first-order chi connectivity index (χ1) is 6.53. The minimum atomic E-state index is -0.811. The van der Waals surface area contributed by atoms with E-state index in [1.807, 2.05) is 0 Å². The van der Waals surface area contributed by atoms with Crippen molar-refractivity contribution in [2.24, 2.45) is 0 Å². The van der Waals surface area contributed by atoms with Gasteiger partial charge in [-0.1, -0.05) is 0 Å². The molecule has 0 N–H and O–H groups in total. The minimum Gasteiger partial charge on any atom is -0.349 e. The van der Waals surface area contributed by atoms with Crippen molar-refractivity contribution in [3.05, 3.63) is 0 Å². The van der Waals surface area contributed by atoms with Crippen molar-refractivity contribution in [1.29, 1.82) is 0 Å². The number of ether oxygens (including phenoxy) is 4. The molecule has 2 fully saturated rings. The lowest BCUT2D eigenvalue weighted by atomic mass is 10.1. The average Bonchev–Trinajstić information content (AvgIpc) is 2.42. The Hall–Kier alpha value is -0.490. The van der Waals surface area contributed by atoms with Crippen LogP contribution in [0.3, 0.4) is 0 Å². The van der Waals surface area contributed by atoms with E-state index in [-0.39, 0.29) is 11.9 Å². The first kappa shape index (κ1) is 10.0. The maximum absolute atomic E-state index is 11.7. The number of hydrogen-bond acceptors (Lipinski definition) is 5. The Bertz CT molecular complexity index is 250. The van der Waals surface area contributed by atoms with Crippen LogP contribution in [0.2, 0.25) is 0 Å². The maximum atomic E-state index is 11.7. The summed E-state index contributed by atoms with van der Waals surface area (Å²) in [6.45, 7) is 3.89. The van der Waals surface area contributed by atoms with Gasteiger partial charge in [0.2, 0.25) is 12.1 Å². The van der Waals surface area contributed by atoms with Gasteiger partial charge >= 0.3 is 0 Å². The molecule has 0 spiro atoms. The van der Waals surface area contributed by atoms with Gasteiger partial charge in [-0.25, -0.2) is 0 Å². The molecule has 0 amide bonds. The molecule has 0 unspecified atom stereocenters. The molecular formula is C9H14O5. The first-order valence-corrected chi connectivity index (χ1v) is 4.57. The van der Waals surface area contributed by atoms with Crippen molar-refractivity contribution in [3.63, 3.8) is 0 Å². The topological polar surface area (TPSA) is 54.0 Å². The quantitative estimate of drug-likeness (QED) is 0.565. The molecule has 14 heavy (non-hydrogen) atoms. The largest absolute Gasteiger partial charge is 0.349 e. The number of hydrogen-bond donors (Lipinski definition) is 0. The van der Waals surface area contributed by atoms with Crippen LogP contribution < -0.4 is 0 Å². The molecule has 2 heterocycles. The van der Waals surface area contributed by atoms with E-state index in [0.29, 0.717) is 6.61 Å². The van der Waals surface area contributed by atoms with Crippen molar-refractivity contribution in [3.8, 4) is 0 Å². The van der Waals surface area contributed by atoms with Crippen LogP contribution in [-0.4, -0.2) is 43.8 Å². The minimum absolute atomic E-state index is 0.200. The summed E-state index contributed by atoms with van der Waals surface area (Å²) < 4.78 is 21.0. The number of carbonyl (C=O) groups is 1. The molecule has 0 aromatic rings. The second kappa shape index (κ2) is 3.27. The lowest BCUT2D eigenvalue weighted by Gasteiger charge is -2.27. The Morgan fingerprint density at radius 3 is 2.79 bits per heavy atom.